The molecule has 8 nitrogen and oxygen atoms in total. The number of hydrazone groups is 1. The molecule has 0 amide bonds. The summed E-state index contributed by atoms with van der Waals surface area (Å²) >= 11 is 0. The maximum absolute atomic E-state index is 13.2. The second-order valence-corrected chi connectivity index (χ2v) is 6.76. The van der Waals surface area contributed by atoms with Crippen LogP contribution in [0.25, 0.3) is 6.08 Å². The number of allylic oxidation sites excluding steroid dienone is 1. The zero-order valence-corrected chi connectivity index (χ0v) is 17.1. The second-order valence-electron chi connectivity index (χ2n) is 6.76. The highest BCUT2D eigenvalue weighted by Crippen LogP contribution is 2.29. The maximum atomic E-state index is 13.2. The van der Waals surface area contributed by atoms with Crippen LogP contribution in [0.3, 0.4) is 0 Å². The molecule has 0 aliphatic rings. The van der Waals surface area contributed by atoms with E-state index in [1.165, 1.54) is 18.2 Å². The topological polar surface area (TPSA) is 111 Å². The van der Waals surface area contributed by atoms with Crippen LogP contribution in [0.2, 0.25) is 0 Å². The Morgan fingerprint density at radius 1 is 1.00 bits per heavy atom. The van der Waals surface area contributed by atoms with Crippen LogP contribution in [-0.4, -0.2) is 15.6 Å². The van der Waals surface area contributed by atoms with E-state index in [2.05, 4.69) is 10.5 Å². The van der Waals surface area contributed by atoms with Crippen LogP contribution in [0.1, 0.15) is 23.6 Å². The molecule has 1 N–H and O–H groups in total. The molecule has 3 rings (SSSR count). The highest BCUT2D eigenvalue weighted by atomic mass is 19.1. The van der Waals surface area contributed by atoms with Crippen LogP contribution in [0.4, 0.5) is 21.5 Å². The van der Waals surface area contributed by atoms with Crippen molar-refractivity contribution in [3.05, 3.63) is 116 Å². The molecule has 0 heterocycles. The summed E-state index contributed by atoms with van der Waals surface area (Å²) < 4.78 is 13.2. The fourth-order valence-corrected chi connectivity index (χ4v) is 2.86. The number of anilines is 1. The van der Waals surface area contributed by atoms with E-state index in [4.69, 9.17) is 0 Å². The number of nitro groups is 2. The number of hydrogen-bond acceptors (Lipinski definition) is 6. The van der Waals surface area contributed by atoms with Crippen LogP contribution < -0.4 is 5.43 Å². The number of nitrogens with one attached hydrogen (secondary N) is 1. The van der Waals surface area contributed by atoms with Gasteiger partial charge >= 0.3 is 5.69 Å². The Morgan fingerprint density at radius 3 is 2.28 bits per heavy atom. The number of nitro benzene ring substituents is 2. The number of benzene rings is 3. The number of halogens is 1. The van der Waals surface area contributed by atoms with Crippen molar-refractivity contribution in [1.82, 2.24) is 0 Å². The van der Waals surface area contributed by atoms with Gasteiger partial charge in [-0.1, -0.05) is 49.4 Å². The molecule has 0 saturated carbocycles. The van der Waals surface area contributed by atoms with Crippen LogP contribution in [0, 0.1) is 26.0 Å². The van der Waals surface area contributed by atoms with Gasteiger partial charge in [-0.3, -0.25) is 25.7 Å². The lowest BCUT2D eigenvalue weighted by Gasteiger charge is -2.07. The van der Waals surface area contributed by atoms with Gasteiger partial charge in [0.25, 0.3) is 5.69 Å². The summed E-state index contributed by atoms with van der Waals surface area (Å²) in [5.41, 5.74) is 4.89. The van der Waals surface area contributed by atoms with E-state index in [9.17, 15) is 24.6 Å². The average Bonchev–Trinajstić information content (AvgIpc) is 2.80. The minimum atomic E-state index is -0.713. The number of nitrogens with zero attached hydrogens (tertiary/aromatic N) is 3. The molecule has 0 radical (unpaired) electrons. The predicted molar refractivity (Wildman–Crippen MR) is 121 cm³/mol. The Hall–Kier alpha value is -4.40. The lowest BCUT2D eigenvalue weighted by atomic mass is 10.1. The minimum Gasteiger partial charge on any atom is -0.271 e. The van der Waals surface area contributed by atoms with Gasteiger partial charge < -0.3 is 0 Å². The van der Waals surface area contributed by atoms with Crippen molar-refractivity contribution in [2.24, 2.45) is 5.10 Å². The predicted octanol–water partition coefficient (Wildman–Crippen LogP) is 5.73. The largest absolute Gasteiger partial charge is 0.301 e. The maximum Gasteiger partial charge on any atom is 0.301 e. The van der Waals surface area contributed by atoms with Crippen LogP contribution in [0.15, 0.2) is 77.9 Å². The third-order valence-corrected chi connectivity index (χ3v) is 4.65. The third kappa shape index (κ3) is 5.60. The van der Waals surface area contributed by atoms with Gasteiger partial charge in [-0.15, -0.1) is 0 Å². The van der Waals surface area contributed by atoms with Gasteiger partial charge in [-0.25, -0.2) is 4.39 Å². The van der Waals surface area contributed by atoms with Crippen molar-refractivity contribution in [2.45, 2.75) is 13.3 Å². The van der Waals surface area contributed by atoms with Gasteiger partial charge in [0.05, 0.1) is 21.6 Å². The lowest BCUT2D eigenvalue weighted by molar-refractivity contribution is -0.393. The standard InChI is InChI=1S/C23H19FN4O4/c1-2-16-3-8-18(9-4-16)21(13-7-17-5-10-19(24)11-6-17)25-26-22-14-12-20(27(29)30)15-23(22)28(31)32/h3-15,26H,2H2,1H3/b13-7+,25-21-. The molecule has 0 unspecified atom stereocenters. The highest BCUT2D eigenvalue weighted by Gasteiger charge is 2.19. The first kappa shape index (κ1) is 22.3. The summed E-state index contributed by atoms with van der Waals surface area (Å²) in [4.78, 5) is 20.9. The van der Waals surface area contributed by atoms with Crippen LogP contribution in [0.5, 0.6) is 0 Å². The van der Waals surface area contributed by atoms with Gasteiger partial charge in [0.1, 0.15) is 11.5 Å². The molecule has 0 aromatic heterocycles. The summed E-state index contributed by atoms with van der Waals surface area (Å²) in [6.07, 6.45) is 4.29. The van der Waals surface area contributed by atoms with Crippen molar-refractivity contribution in [2.75, 3.05) is 5.43 Å². The molecule has 9 heteroatoms. The van der Waals surface area contributed by atoms with Crippen molar-refractivity contribution in [3.8, 4) is 0 Å². The zero-order chi connectivity index (χ0) is 23.1. The lowest BCUT2D eigenvalue weighted by Crippen LogP contribution is -2.04. The number of hydrogen-bond donors (Lipinski definition) is 1. The van der Waals surface area contributed by atoms with Crippen molar-refractivity contribution >= 4 is 28.8 Å². The third-order valence-electron chi connectivity index (χ3n) is 4.65. The van der Waals surface area contributed by atoms with Crippen molar-refractivity contribution in [1.29, 1.82) is 0 Å². The van der Waals surface area contributed by atoms with Crippen LogP contribution in [-0.2, 0) is 6.42 Å². The first-order valence-electron chi connectivity index (χ1n) is 9.67. The Balaban J connectivity index is 1.97. The zero-order valence-electron chi connectivity index (χ0n) is 17.1. The molecule has 0 spiro atoms. The van der Waals surface area contributed by atoms with Crippen molar-refractivity contribution < 1.29 is 14.2 Å². The van der Waals surface area contributed by atoms with Crippen molar-refractivity contribution in [3.63, 3.8) is 0 Å². The molecule has 162 valence electrons. The molecule has 0 aliphatic heterocycles. The molecule has 3 aromatic rings. The van der Waals surface area contributed by atoms with Gasteiger partial charge in [-0.2, -0.15) is 5.10 Å². The number of rotatable bonds is 8. The Kier molecular flexibility index (Phi) is 7.02. The molecule has 3 aromatic carbocycles. The fourth-order valence-electron chi connectivity index (χ4n) is 2.86. The summed E-state index contributed by atoms with van der Waals surface area (Å²) in [6.45, 7) is 2.04. The molecule has 0 fully saturated rings. The average molecular weight is 434 g/mol. The minimum absolute atomic E-state index is 0.0125. The molecular weight excluding hydrogens is 415 g/mol. The fraction of sp³-hybridized carbons (Fsp3) is 0.0870. The van der Waals surface area contributed by atoms with E-state index >= 15 is 0 Å². The number of non-ortho nitro benzene ring substituents is 1. The Morgan fingerprint density at radius 2 is 1.69 bits per heavy atom. The summed E-state index contributed by atoms with van der Waals surface area (Å²) in [5.74, 6) is -0.349. The van der Waals surface area contributed by atoms with E-state index in [0.717, 1.165) is 35.2 Å². The van der Waals surface area contributed by atoms with Gasteiger partial charge in [0.15, 0.2) is 0 Å². The number of aryl methyl sites for hydroxylation is 1. The molecule has 0 saturated heterocycles. The summed E-state index contributed by atoms with van der Waals surface area (Å²) in [7, 11) is 0. The van der Waals surface area contributed by atoms with E-state index in [-0.39, 0.29) is 11.5 Å². The van der Waals surface area contributed by atoms with Gasteiger partial charge in [-0.05, 0) is 41.8 Å². The molecule has 0 aliphatic carbocycles. The summed E-state index contributed by atoms with van der Waals surface area (Å²) in [6, 6.07) is 16.8. The van der Waals surface area contributed by atoms with E-state index in [1.807, 2.05) is 31.2 Å². The highest BCUT2D eigenvalue weighted by molar-refractivity contribution is 6.11. The van der Waals surface area contributed by atoms with Crippen LogP contribution >= 0.6 is 0 Å². The second kappa shape index (κ2) is 10.1. The normalized spacial score (nSPS) is 11.5. The van der Waals surface area contributed by atoms with Gasteiger partial charge in [0, 0.05) is 11.6 Å². The van der Waals surface area contributed by atoms with E-state index < -0.39 is 21.2 Å². The first-order chi connectivity index (χ1) is 15.4. The quantitative estimate of drug-likeness (QED) is 0.276. The molecule has 32 heavy (non-hydrogen) atoms. The first-order valence-corrected chi connectivity index (χ1v) is 9.67. The molecular formula is C23H19FN4O4. The monoisotopic (exact) mass is 434 g/mol. The smallest absolute Gasteiger partial charge is 0.271 e. The van der Waals surface area contributed by atoms with Gasteiger partial charge in [0.2, 0.25) is 0 Å². The van der Waals surface area contributed by atoms with E-state index in [1.54, 1.807) is 24.3 Å². The van der Waals surface area contributed by atoms with E-state index in [0.29, 0.717) is 5.71 Å². The summed E-state index contributed by atoms with van der Waals surface area (Å²) in [5, 5.41) is 26.6. The Labute approximate surface area is 183 Å². The molecule has 0 bridgehead atoms. The SMILES string of the molecule is CCc1ccc(C(/C=C/c2ccc(F)cc2)=N\Nc2ccc([N+](=O)[O-])cc2[N+](=O)[O-])cc1. The Bertz CT molecular complexity index is 1190. The molecule has 0 atom stereocenters.